The van der Waals surface area contributed by atoms with Crippen molar-refractivity contribution in [3.05, 3.63) is 17.6 Å². The van der Waals surface area contributed by atoms with Crippen molar-refractivity contribution in [1.29, 1.82) is 0 Å². The van der Waals surface area contributed by atoms with Crippen LogP contribution in [-0.2, 0) is 0 Å². The second-order valence-electron chi connectivity index (χ2n) is 4.58. The van der Waals surface area contributed by atoms with Crippen LogP contribution in [0.4, 0.5) is 5.82 Å². The first-order valence-electron chi connectivity index (χ1n) is 5.90. The van der Waals surface area contributed by atoms with Crippen molar-refractivity contribution in [1.82, 2.24) is 9.97 Å². The molecule has 0 atom stereocenters. The topological polar surface area (TPSA) is 58.0 Å². The van der Waals surface area contributed by atoms with Gasteiger partial charge >= 0.3 is 0 Å². The molecule has 2 N–H and O–H groups in total. The molecule has 4 nitrogen and oxygen atoms in total. The summed E-state index contributed by atoms with van der Waals surface area (Å²) in [6.45, 7) is 3.93. The highest BCUT2D eigenvalue weighted by molar-refractivity contribution is 5.34. The molecule has 2 rings (SSSR count). The molecule has 1 saturated carbocycles. The summed E-state index contributed by atoms with van der Waals surface area (Å²) in [5.41, 5.74) is 1.95. The molecule has 1 fully saturated rings. The molecule has 1 aliphatic rings. The van der Waals surface area contributed by atoms with Crippen molar-refractivity contribution in [3.63, 3.8) is 0 Å². The van der Waals surface area contributed by atoms with Gasteiger partial charge in [-0.2, -0.15) is 0 Å². The number of aliphatic hydroxyl groups excluding tert-OH is 1. The Balaban J connectivity index is 1.96. The molecule has 0 unspecified atom stereocenters. The Kier molecular flexibility index (Phi) is 3.39. The van der Waals surface area contributed by atoms with Crippen LogP contribution >= 0.6 is 0 Å². The standard InChI is InChI=1S/C12H19N3O/c1-8-9(2)14-12(7-13-8)15-10-3-5-11(16)6-4-10/h7,10-11,16H,3-6H2,1-2H3,(H,14,15). The van der Waals surface area contributed by atoms with E-state index in [0.29, 0.717) is 6.04 Å². The first kappa shape index (κ1) is 11.3. The smallest absolute Gasteiger partial charge is 0.145 e. The minimum absolute atomic E-state index is 0.108. The summed E-state index contributed by atoms with van der Waals surface area (Å²) >= 11 is 0. The Morgan fingerprint density at radius 1 is 1.19 bits per heavy atom. The van der Waals surface area contributed by atoms with Crippen LogP contribution in [0.5, 0.6) is 0 Å². The number of hydrogen-bond donors (Lipinski definition) is 2. The lowest BCUT2D eigenvalue weighted by Crippen LogP contribution is -2.28. The van der Waals surface area contributed by atoms with E-state index in [4.69, 9.17) is 0 Å². The summed E-state index contributed by atoms with van der Waals surface area (Å²) in [5.74, 6) is 0.851. The van der Waals surface area contributed by atoms with Gasteiger partial charge in [0.15, 0.2) is 0 Å². The fraction of sp³-hybridized carbons (Fsp3) is 0.667. The van der Waals surface area contributed by atoms with E-state index in [-0.39, 0.29) is 6.10 Å². The lowest BCUT2D eigenvalue weighted by Gasteiger charge is -2.26. The van der Waals surface area contributed by atoms with Gasteiger partial charge in [-0.1, -0.05) is 0 Å². The van der Waals surface area contributed by atoms with E-state index in [0.717, 1.165) is 42.9 Å². The third-order valence-electron chi connectivity index (χ3n) is 3.24. The average Bonchev–Trinajstić information content (AvgIpc) is 2.27. The molecule has 0 aromatic carbocycles. The van der Waals surface area contributed by atoms with Crippen molar-refractivity contribution in [2.45, 2.75) is 51.7 Å². The van der Waals surface area contributed by atoms with Crippen LogP contribution in [0.2, 0.25) is 0 Å². The highest BCUT2D eigenvalue weighted by Gasteiger charge is 2.19. The van der Waals surface area contributed by atoms with Gasteiger partial charge in [-0.05, 0) is 39.5 Å². The molecule has 0 radical (unpaired) electrons. The van der Waals surface area contributed by atoms with Gasteiger partial charge in [0.05, 0.1) is 23.7 Å². The maximum atomic E-state index is 9.42. The number of nitrogens with one attached hydrogen (secondary N) is 1. The van der Waals surface area contributed by atoms with E-state index in [1.165, 1.54) is 0 Å². The fourth-order valence-electron chi connectivity index (χ4n) is 2.04. The van der Waals surface area contributed by atoms with Crippen molar-refractivity contribution in [2.75, 3.05) is 5.32 Å². The molecule has 4 heteroatoms. The Bertz CT molecular complexity index is 359. The highest BCUT2D eigenvalue weighted by atomic mass is 16.3. The van der Waals surface area contributed by atoms with Crippen LogP contribution < -0.4 is 5.32 Å². The molecule has 16 heavy (non-hydrogen) atoms. The number of aromatic nitrogens is 2. The molecule has 0 saturated heterocycles. The first-order valence-corrected chi connectivity index (χ1v) is 5.90. The summed E-state index contributed by atoms with van der Waals surface area (Å²) in [5, 5.41) is 12.8. The van der Waals surface area contributed by atoms with E-state index in [1.54, 1.807) is 6.20 Å². The van der Waals surface area contributed by atoms with Gasteiger partial charge in [0.2, 0.25) is 0 Å². The van der Waals surface area contributed by atoms with E-state index < -0.39 is 0 Å². The molecule has 1 aromatic rings. The van der Waals surface area contributed by atoms with Crippen LogP contribution in [0, 0.1) is 13.8 Å². The first-order chi connectivity index (χ1) is 7.65. The normalized spacial score (nSPS) is 25.4. The lowest BCUT2D eigenvalue weighted by atomic mass is 9.93. The molecular formula is C12H19N3O. The molecule has 0 spiro atoms. The third kappa shape index (κ3) is 2.70. The molecule has 0 bridgehead atoms. The molecule has 0 amide bonds. The quantitative estimate of drug-likeness (QED) is 0.799. The van der Waals surface area contributed by atoms with Crippen molar-refractivity contribution < 1.29 is 5.11 Å². The SMILES string of the molecule is Cc1ncc(NC2CCC(O)CC2)nc1C. The maximum absolute atomic E-state index is 9.42. The Morgan fingerprint density at radius 2 is 1.88 bits per heavy atom. The summed E-state index contributed by atoms with van der Waals surface area (Å²) in [7, 11) is 0. The zero-order chi connectivity index (χ0) is 11.5. The van der Waals surface area contributed by atoms with Crippen LogP contribution in [0.25, 0.3) is 0 Å². The lowest BCUT2D eigenvalue weighted by molar-refractivity contribution is 0.126. The van der Waals surface area contributed by atoms with Crippen molar-refractivity contribution >= 4 is 5.82 Å². The minimum Gasteiger partial charge on any atom is -0.393 e. The van der Waals surface area contributed by atoms with Crippen LogP contribution in [0.1, 0.15) is 37.1 Å². The van der Waals surface area contributed by atoms with Gasteiger partial charge < -0.3 is 10.4 Å². The predicted octanol–water partition coefficient (Wildman–Crippen LogP) is 1.81. The van der Waals surface area contributed by atoms with Gasteiger partial charge in [-0.25, -0.2) is 4.98 Å². The van der Waals surface area contributed by atoms with E-state index >= 15 is 0 Å². The summed E-state index contributed by atoms with van der Waals surface area (Å²) in [4.78, 5) is 8.73. The second-order valence-corrected chi connectivity index (χ2v) is 4.58. The van der Waals surface area contributed by atoms with Gasteiger partial charge in [-0.15, -0.1) is 0 Å². The molecule has 88 valence electrons. The number of rotatable bonds is 2. The Hall–Kier alpha value is -1.16. The van der Waals surface area contributed by atoms with E-state index in [1.807, 2.05) is 13.8 Å². The van der Waals surface area contributed by atoms with Crippen LogP contribution in [0.3, 0.4) is 0 Å². The number of aliphatic hydroxyl groups is 1. The monoisotopic (exact) mass is 221 g/mol. The van der Waals surface area contributed by atoms with Crippen molar-refractivity contribution in [2.24, 2.45) is 0 Å². The van der Waals surface area contributed by atoms with Crippen LogP contribution in [-0.4, -0.2) is 27.2 Å². The molecular weight excluding hydrogens is 202 g/mol. The average molecular weight is 221 g/mol. The largest absolute Gasteiger partial charge is 0.393 e. The number of hydrogen-bond acceptors (Lipinski definition) is 4. The van der Waals surface area contributed by atoms with Crippen LogP contribution in [0.15, 0.2) is 6.20 Å². The Labute approximate surface area is 96.1 Å². The molecule has 1 heterocycles. The molecule has 0 aliphatic heterocycles. The summed E-state index contributed by atoms with van der Waals surface area (Å²) < 4.78 is 0. The summed E-state index contributed by atoms with van der Waals surface area (Å²) in [6.07, 6.45) is 5.47. The van der Waals surface area contributed by atoms with Gasteiger partial charge in [0.25, 0.3) is 0 Å². The van der Waals surface area contributed by atoms with Gasteiger partial charge in [0, 0.05) is 6.04 Å². The fourth-order valence-corrected chi connectivity index (χ4v) is 2.04. The van der Waals surface area contributed by atoms with E-state index in [2.05, 4.69) is 15.3 Å². The maximum Gasteiger partial charge on any atom is 0.145 e. The van der Waals surface area contributed by atoms with Gasteiger partial charge in [0.1, 0.15) is 5.82 Å². The zero-order valence-electron chi connectivity index (χ0n) is 9.90. The molecule has 1 aliphatic carbocycles. The zero-order valence-corrected chi connectivity index (χ0v) is 9.90. The van der Waals surface area contributed by atoms with Gasteiger partial charge in [-0.3, -0.25) is 4.98 Å². The van der Waals surface area contributed by atoms with Crippen molar-refractivity contribution in [3.8, 4) is 0 Å². The second kappa shape index (κ2) is 4.78. The third-order valence-corrected chi connectivity index (χ3v) is 3.24. The number of aryl methyl sites for hydroxylation is 2. The number of anilines is 1. The predicted molar refractivity (Wildman–Crippen MR) is 63.4 cm³/mol. The minimum atomic E-state index is -0.108. The van der Waals surface area contributed by atoms with E-state index in [9.17, 15) is 5.11 Å². The highest BCUT2D eigenvalue weighted by Crippen LogP contribution is 2.21. The molecule has 1 aromatic heterocycles. The number of nitrogens with zero attached hydrogens (tertiary/aromatic N) is 2. The summed E-state index contributed by atoms with van der Waals surface area (Å²) in [6, 6.07) is 0.430. The Morgan fingerprint density at radius 3 is 2.50 bits per heavy atom.